The smallest absolute Gasteiger partial charge is 0.309 e. The van der Waals surface area contributed by atoms with Crippen LogP contribution in [-0.2, 0) is 11.2 Å². The first-order valence-electron chi connectivity index (χ1n) is 5.03. The highest BCUT2D eigenvalue weighted by Gasteiger charge is 2.15. The summed E-state index contributed by atoms with van der Waals surface area (Å²) in [5, 5.41) is 25.7. The van der Waals surface area contributed by atoms with Crippen molar-refractivity contribution in [2.24, 2.45) is 0 Å². The van der Waals surface area contributed by atoms with E-state index >= 15 is 0 Å². The van der Waals surface area contributed by atoms with Crippen molar-refractivity contribution < 1.29 is 9.90 Å². The topological polar surface area (TPSA) is 93.8 Å². The van der Waals surface area contributed by atoms with E-state index < -0.39 is 5.97 Å². The minimum Gasteiger partial charge on any atom is -0.481 e. The van der Waals surface area contributed by atoms with Crippen molar-refractivity contribution in [3.05, 3.63) is 16.9 Å². The van der Waals surface area contributed by atoms with Crippen LogP contribution >= 0.6 is 11.3 Å². The molecule has 0 spiro atoms. The van der Waals surface area contributed by atoms with Gasteiger partial charge in [-0.3, -0.25) is 4.79 Å². The lowest BCUT2D eigenvalue weighted by molar-refractivity contribution is -0.136. The van der Waals surface area contributed by atoms with Crippen LogP contribution in [0.15, 0.2) is 6.20 Å². The molecular formula is C9H11N5O2S. The Kier molecular flexibility index (Phi) is 3.14. The molecule has 17 heavy (non-hydrogen) atoms. The lowest BCUT2D eigenvalue weighted by atomic mass is 10.2. The molecule has 0 saturated carbocycles. The summed E-state index contributed by atoms with van der Waals surface area (Å²) in [5.41, 5.74) is 0.490. The first-order chi connectivity index (χ1) is 8.08. The summed E-state index contributed by atoms with van der Waals surface area (Å²) in [6.07, 6.45) is 1.29. The van der Waals surface area contributed by atoms with E-state index in [2.05, 4.69) is 20.5 Å². The molecule has 90 valence electrons. The molecule has 2 aromatic rings. The van der Waals surface area contributed by atoms with Gasteiger partial charge in [0.2, 0.25) is 5.13 Å². The van der Waals surface area contributed by atoms with Gasteiger partial charge in [0.15, 0.2) is 0 Å². The molecule has 2 rings (SSSR count). The van der Waals surface area contributed by atoms with Crippen LogP contribution in [0.3, 0.4) is 0 Å². The molecule has 0 bridgehead atoms. The van der Waals surface area contributed by atoms with Crippen molar-refractivity contribution >= 4 is 17.3 Å². The second-order valence-corrected chi connectivity index (χ2v) is 4.77. The minimum atomic E-state index is -0.929. The van der Waals surface area contributed by atoms with E-state index in [0.717, 1.165) is 5.01 Å². The maximum atomic E-state index is 10.7. The largest absolute Gasteiger partial charge is 0.481 e. The second-order valence-electron chi connectivity index (χ2n) is 3.79. The Bertz CT molecular complexity index is 533. The van der Waals surface area contributed by atoms with Crippen molar-refractivity contribution in [3.63, 3.8) is 0 Å². The van der Waals surface area contributed by atoms with Gasteiger partial charge in [0, 0.05) is 5.92 Å². The fourth-order valence-corrected chi connectivity index (χ4v) is 2.06. The molecular weight excluding hydrogens is 242 g/mol. The number of nitrogens with zero attached hydrogens (tertiary/aromatic N) is 5. The molecule has 0 unspecified atom stereocenters. The third-order valence-electron chi connectivity index (χ3n) is 2.06. The third-order valence-corrected chi connectivity index (χ3v) is 3.26. The summed E-state index contributed by atoms with van der Waals surface area (Å²) < 4.78 is 1.41. The molecule has 7 nitrogen and oxygen atoms in total. The maximum absolute atomic E-state index is 10.7. The van der Waals surface area contributed by atoms with Crippen molar-refractivity contribution in [2.45, 2.75) is 26.2 Å². The molecule has 0 atom stereocenters. The third kappa shape index (κ3) is 2.47. The highest BCUT2D eigenvalue weighted by Crippen LogP contribution is 2.21. The Morgan fingerprint density at radius 1 is 1.53 bits per heavy atom. The predicted octanol–water partition coefficient (Wildman–Crippen LogP) is 0.869. The van der Waals surface area contributed by atoms with Gasteiger partial charge in [0.25, 0.3) is 0 Å². The van der Waals surface area contributed by atoms with E-state index in [0.29, 0.717) is 10.8 Å². The Hall–Kier alpha value is -1.83. The lowest BCUT2D eigenvalue weighted by Gasteiger charge is -1.98. The van der Waals surface area contributed by atoms with Crippen LogP contribution in [0, 0.1) is 0 Å². The molecule has 8 heteroatoms. The monoisotopic (exact) mass is 253 g/mol. The van der Waals surface area contributed by atoms with Crippen LogP contribution in [0.25, 0.3) is 5.13 Å². The molecule has 0 radical (unpaired) electrons. The number of hydrogen-bond donors (Lipinski definition) is 1. The number of rotatable bonds is 4. The van der Waals surface area contributed by atoms with Gasteiger partial charge in [-0.15, -0.1) is 15.3 Å². The highest BCUT2D eigenvalue weighted by molar-refractivity contribution is 7.13. The van der Waals surface area contributed by atoms with Crippen LogP contribution in [-0.4, -0.2) is 36.3 Å². The van der Waals surface area contributed by atoms with Crippen LogP contribution in [0.1, 0.15) is 30.5 Å². The van der Waals surface area contributed by atoms with Gasteiger partial charge in [0.05, 0.1) is 18.3 Å². The summed E-state index contributed by atoms with van der Waals surface area (Å²) in [6.45, 7) is 4.04. The van der Waals surface area contributed by atoms with Gasteiger partial charge in [0.1, 0.15) is 5.01 Å². The second kappa shape index (κ2) is 4.58. The number of aromatic nitrogens is 5. The van der Waals surface area contributed by atoms with E-state index in [4.69, 9.17) is 5.11 Å². The number of carboxylic acids is 1. The fourth-order valence-electron chi connectivity index (χ4n) is 1.24. The Labute approximate surface area is 101 Å². The van der Waals surface area contributed by atoms with Gasteiger partial charge < -0.3 is 5.11 Å². The van der Waals surface area contributed by atoms with Crippen LogP contribution in [0.2, 0.25) is 0 Å². The van der Waals surface area contributed by atoms with Gasteiger partial charge in [-0.1, -0.05) is 30.4 Å². The van der Waals surface area contributed by atoms with Crippen molar-refractivity contribution in [2.75, 3.05) is 0 Å². The number of carbonyl (C=O) groups is 1. The Morgan fingerprint density at radius 3 is 2.88 bits per heavy atom. The van der Waals surface area contributed by atoms with Crippen LogP contribution < -0.4 is 0 Å². The summed E-state index contributed by atoms with van der Waals surface area (Å²) in [5.74, 6) is -0.644. The van der Waals surface area contributed by atoms with E-state index in [9.17, 15) is 4.79 Å². The maximum Gasteiger partial charge on any atom is 0.309 e. The summed E-state index contributed by atoms with van der Waals surface area (Å²) in [7, 11) is 0. The minimum absolute atomic E-state index is 0.135. The molecule has 0 saturated heterocycles. The molecule has 0 aliphatic carbocycles. The van der Waals surface area contributed by atoms with Crippen molar-refractivity contribution in [1.29, 1.82) is 0 Å². The molecule has 0 fully saturated rings. The molecule has 2 heterocycles. The van der Waals surface area contributed by atoms with Gasteiger partial charge in [-0.2, -0.15) is 4.68 Å². The zero-order valence-corrected chi connectivity index (χ0v) is 10.2. The molecule has 0 amide bonds. The molecule has 0 aliphatic heterocycles. The zero-order chi connectivity index (χ0) is 12.4. The number of aliphatic carboxylic acids is 1. The first kappa shape index (κ1) is 11.6. The van der Waals surface area contributed by atoms with Gasteiger partial charge in [-0.05, 0) is 0 Å². The van der Waals surface area contributed by atoms with Crippen LogP contribution in [0.5, 0.6) is 0 Å². The summed E-state index contributed by atoms with van der Waals surface area (Å²) >= 11 is 1.39. The summed E-state index contributed by atoms with van der Waals surface area (Å²) in [6, 6.07) is 0. The van der Waals surface area contributed by atoms with Crippen molar-refractivity contribution in [3.8, 4) is 5.13 Å². The standard InChI is InChI=1S/C9H11N5O2S/c1-5(2)8-11-12-9(17-8)14-6(3-7(15)16)4-10-13-14/h4-5H,3H2,1-2H3,(H,15,16). The zero-order valence-electron chi connectivity index (χ0n) is 9.36. The van der Waals surface area contributed by atoms with Gasteiger partial charge in [-0.25, -0.2) is 0 Å². The average molecular weight is 253 g/mol. The normalized spacial score (nSPS) is 11.0. The average Bonchev–Trinajstić information content (AvgIpc) is 2.83. The molecule has 0 aliphatic rings. The lowest BCUT2D eigenvalue weighted by Crippen LogP contribution is -2.07. The van der Waals surface area contributed by atoms with Crippen LogP contribution in [0.4, 0.5) is 0 Å². The quantitative estimate of drug-likeness (QED) is 0.868. The SMILES string of the molecule is CC(C)c1nnc(-n2nncc2CC(=O)O)s1. The van der Waals surface area contributed by atoms with E-state index in [1.54, 1.807) is 0 Å². The predicted molar refractivity (Wildman–Crippen MR) is 60.3 cm³/mol. The Balaban J connectivity index is 2.32. The van der Waals surface area contributed by atoms with Gasteiger partial charge >= 0.3 is 5.97 Å². The van der Waals surface area contributed by atoms with E-state index in [-0.39, 0.29) is 12.3 Å². The first-order valence-corrected chi connectivity index (χ1v) is 5.84. The fraction of sp³-hybridized carbons (Fsp3) is 0.444. The highest BCUT2D eigenvalue weighted by atomic mass is 32.1. The van der Waals surface area contributed by atoms with E-state index in [1.165, 1.54) is 22.2 Å². The van der Waals surface area contributed by atoms with Crippen molar-refractivity contribution in [1.82, 2.24) is 25.2 Å². The molecule has 2 aromatic heterocycles. The Morgan fingerprint density at radius 2 is 2.29 bits per heavy atom. The van der Waals surface area contributed by atoms with E-state index in [1.807, 2.05) is 13.8 Å². The summed E-state index contributed by atoms with van der Waals surface area (Å²) in [4.78, 5) is 10.7. The number of carboxylic acid groups (broad SMARTS) is 1. The molecule has 1 N–H and O–H groups in total. The molecule has 0 aromatic carbocycles. The number of hydrogen-bond acceptors (Lipinski definition) is 6.